The second-order valence-electron chi connectivity index (χ2n) is 4.19. The zero-order valence-electron chi connectivity index (χ0n) is 10.3. The molecule has 1 aromatic heterocycles. The SMILES string of the molecule is CCC(C)c1csc(-c2ccc([N+](=O)[O-])cc2)n1. The number of hydrogen-bond donors (Lipinski definition) is 0. The summed E-state index contributed by atoms with van der Waals surface area (Å²) in [6, 6.07) is 6.52. The number of rotatable bonds is 4. The minimum Gasteiger partial charge on any atom is -0.258 e. The topological polar surface area (TPSA) is 56.0 Å². The van der Waals surface area contributed by atoms with Gasteiger partial charge < -0.3 is 0 Å². The zero-order chi connectivity index (χ0) is 13.1. The van der Waals surface area contributed by atoms with E-state index in [1.54, 1.807) is 23.5 Å². The molecule has 0 fully saturated rings. The molecule has 2 rings (SSSR count). The van der Waals surface area contributed by atoms with Gasteiger partial charge in [-0.2, -0.15) is 0 Å². The van der Waals surface area contributed by atoms with Gasteiger partial charge in [0.25, 0.3) is 5.69 Å². The highest BCUT2D eigenvalue weighted by molar-refractivity contribution is 7.13. The van der Waals surface area contributed by atoms with E-state index >= 15 is 0 Å². The van der Waals surface area contributed by atoms with E-state index in [1.807, 2.05) is 0 Å². The van der Waals surface area contributed by atoms with Crippen molar-refractivity contribution in [1.29, 1.82) is 0 Å². The van der Waals surface area contributed by atoms with E-state index in [0.717, 1.165) is 22.7 Å². The minimum absolute atomic E-state index is 0.109. The Morgan fingerprint density at radius 2 is 2.06 bits per heavy atom. The summed E-state index contributed by atoms with van der Waals surface area (Å²) in [7, 11) is 0. The Balaban J connectivity index is 2.26. The van der Waals surface area contributed by atoms with Gasteiger partial charge in [0.1, 0.15) is 5.01 Å². The highest BCUT2D eigenvalue weighted by Gasteiger charge is 2.11. The van der Waals surface area contributed by atoms with Crippen LogP contribution >= 0.6 is 11.3 Å². The van der Waals surface area contributed by atoms with E-state index in [2.05, 4.69) is 24.2 Å². The van der Waals surface area contributed by atoms with Crippen LogP contribution in [0.3, 0.4) is 0 Å². The lowest BCUT2D eigenvalue weighted by Crippen LogP contribution is -1.91. The molecule has 0 aliphatic rings. The number of hydrogen-bond acceptors (Lipinski definition) is 4. The second kappa shape index (κ2) is 5.27. The molecule has 0 amide bonds. The zero-order valence-corrected chi connectivity index (χ0v) is 11.1. The van der Waals surface area contributed by atoms with Gasteiger partial charge in [0, 0.05) is 23.1 Å². The standard InChI is InChI=1S/C13H14N2O2S/c1-3-9(2)12-8-18-13(14-12)10-4-6-11(7-5-10)15(16)17/h4-9H,3H2,1-2H3. The molecule has 0 aliphatic carbocycles. The average molecular weight is 262 g/mol. The van der Waals surface area contributed by atoms with Crippen molar-refractivity contribution in [3.8, 4) is 10.6 Å². The van der Waals surface area contributed by atoms with Gasteiger partial charge in [-0.3, -0.25) is 10.1 Å². The van der Waals surface area contributed by atoms with Gasteiger partial charge in [0.05, 0.1) is 10.6 Å². The fourth-order valence-electron chi connectivity index (χ4n) is 1.58. The monoisotopic (exact) mass is 262 g/mol. The molecule has 0 N–H and O–H groups in total. The van der Waals surface area contributed by atoms with Gasteiger partial charge in [-0.25, -0.2) is 4.98 Å². The van der Waals surface area contributed by atoms with Crippen molar-refractivity contribution in [1.82, 2.24) is 4.98 Å². The van der Waals surface area contributed by atoms with Gasteiger partial charge in [0.15, 0.2) is 0 Å². The quantitative estimate of drug-likeness (QED) is 0.612. The van der Waals surface area contributed by atoms with Gasteiger partial charge in [-0.15, -0.1) is 11.3 Å². The molecule has 0 aliphatic heterocycles. The van der Waals surface area contributed by atoms with E-state index < -0.39 is 4.92 Å². The highest BCUT2D eigenvalue weighted by atomic mass is 32.1. The Morgan fingerprint density at radius 3 is 2.61 bits per heavy atom. The van der Waals surface area contributed by atoms with Crippen molar-refractivity contribution in [3.63, 3.8) is 0 Å². The number of thiazole rings is 1. The number of aromatic nitrogens is 1. The van der Waals surface area contributed by atoms with E-state index in [-0.39, 0.29) is 5.69 Å². The summed E-state index contributed by atoms with van der Waals surface area (Å²) < 4.78 is 0. The molecule has 0 saturated heterocycles. The molecule has 0 radical (unpaired) electrons. The van der Waals surface area contributed by atoms with Crippen molar-refractivity contribution in [2.75, 3.05) is 0 Å². The van der Waals surface area contributed by atoms with Crippen LogP contribution in [0.15, 0.2) is 29.6 Å². The molecule has 4 nitrogen and oxygen atoms in total. The highest BCUT2D eigenvalue weighted by Crippen LogP contribution is 2.29. The van der Waals surface area contributed by atoms with Crippen LogP contribution in [0.4, 0.5) is 5.69 Å². The molecule has 0 saturated carbocycles. The second-order valence-corrected chi connectivity index (χ2v) is 5.05. The Labute approximate surface area is 109 Å². The lowest BCUT2D eigenvalue weighted by atomic mass is 10.1. The van der Waals surface area contributed by atoms with Crippen molar-refractivity contribution < 1.29 is 4.92 Å². The van der Waals surface area contributed by atoms with Crippen LogP contribution in [-0.2, 0) is 0 Å². The van der Waals surface area contributed by atoms with E-state index in [0.29, 0.717) is 5.92 Å². The maximum absolute atomic E-state index is 10.6. The molecular formula is C13H14N2O2S. The van der Waals surface area contributed by atoms with Gasteiger partial charge in [0.2, 0.25) is 0 Å². The molecule has 2 aromatic rings. The van der Waals surface area contributed by atoms with Gasteiger partial charge in [-0.05, 0) is 24.5 Å². The van der Waals surface area contributed by atoms with E-state index in [4.69, 9.17) is 0 Å². The van der Waals surface area contributed by atoms with Crippen LogP contribution in [0.5, 0.6) is 0 Å². The Bertz CT molecular complexity index is 548. The Morgan fingerprint density at radius 1 is 1.39 bits per heavy atom. The maximum Gasteiger partial charge on any atom is 0.269 e. The first-order chi connectivity index (χ1) is 8.61. The molecule has 0 bridgehead atoms. The van der Waals surface area contributed by atoms with Crippen molar-refractivity contribution in [2.24, 2.45) is 0 Å². The van der Waals surface area contributed by atoms with Crippen molar-refractivity contribution in [3.05, 3.63) is 45.5 Å². The summed E-state index contributed by atoms with van der Waals surface area (Å²) in [5, 5.41) is 13.6. The van der Waals surface area contributed by atoms with Crippen molar-refractivity contribution in [2.45, 2.75) is 26.2 Å². The van der Waals surface area contributed by atoms with Crippen LogP contribution in [0.25, 0.3) is 10.6 Å². The average Bonchev–Trinajstić information content (AvgIpc) is 2.87. The summed E-state index contributed by atoms with van der Waals surface area (Å²) in [4.78, 5) is 14.8. The van der Waals surface area contributed by atoms with Crippen LogP contribution in [0.1, 0.15) is 31.9 Å². The number of non-ortho nitro benzene ring substituents is 1. The smallest absolute Gasteiger partial charge is 0.258 e. The molecule has 1 heterocycles. The molecule has 18 heavy (non-hydrogen) atoms. The van der Waals surface area contributed by atoms with Crippen LogP contribution in [0.2, 0.25) is 0 Å². The minimum atomic E-state index is -0.393. The van der Waals surface area contributed by atoms with Gasteiger partial charge >= 0.3 is 0 Å². The van der Waals surface area contributed by atoms with Crippen LogP contribution in [0, 0.1) is 10.1 Å². The third-order valence-electron chi connectivity index (χ3n) is 2.96. The van der Waals surface area contributed by atoms with Crippen LogP contribution in [-0.4, -0.2) is 9.91 Å². The lowest BCUT2D eigenvalue weighted by molar-refractivity contribution is -0.384. The number of nitro benzene ring substituents is 1. The molecular weight excluding hydrogens is 248 g/mol. The Hall–Kier alpha value is -1.75. The number of nitro groups is 1. The summed E-state index contributed by atoms with van der Waals surface area (Å²) in [5.74, 6) is 0.452. The third kappa shape index (κ3) is 2.56. The molecule has 94 valence electrons. The molecule has 1 atom stereocenters. The predicted octanol–water partition coefficient (Wildman–Crippen LogP) is 4.23. The maximum atomic E-state index is 10.6. The summed E-state index contributed by atoms with van der Waals surface area (Å²) in [6.45, 7) is 4.28. The summed E-state index contributed by atoms with van der Waals surface area (Å²) in [6.07, 6.45) is 1.06. The first-order valence-electron chi connectivity index (χ1n) is 5.82. The Kier molecular flexibility index (Phi) is 3.72. The first-order valence-corrected chi connectivity index (χ1v) is 6.70. The molecule has 0 spiro atoms. The van der Waals surface area contributed by atoms with E-state index in [9.17, 15) is 10.1 Å². The predicted molar refractivity (Wildman–Crippen MR) is 72.9 cm³/mol. The first kappa shape index (κ1) is 12.7. The fourth-order valence-corrected chi connectivity index (χ4v) is 2.53. The molecule has 1 aromatic carbocycles. The normalized spacial score (nSPS) is 12.3. The van der Waals surface area contributed by atoms with Gasteiger partial charge in [-0.1, -0.05) is 13.8 Å². The third-order valence-corrected chi connectivity index (χ3v) is 3.87. The summed E-state index contributed by atoms with van der Waals surface area (Å²) in [5.41, 5.74) is 2.13. The summed E-state index contributed by atoms with van der Waals surface area (Å²) >= 11 is 1.58. The molecule has 5 heteroatoms. The van der Waals surface area contributed by atoms with Crippen molar-refractivity contribution >= 4 is 17.0 Å². The van der Waals surface area contributed by atoms with Crippen LogP contribution < -0.4 is 0 Å². The largest absolute Gasteiger partial charge is 0.269 e. The number of benzene rings is 1. The molecule has 1 unspecified atom stereocenters. The fraction of sp³-hybridized carbons (Fsp3) is 0.308. The van der Waals surface area contributed by atoms with E-state index in [1.165, 1.54) is 12.1 Å². The lowest BCUT2D eigenvalue weighted by Gasteiger charge is -2.02. The number of nitrogens with zero attached hydrogens (tertiary/aromatic N) is 2.